The summed E-state index contributed by atoms with van der Waals surface area (Å²) in [5.41, 5.74) is 4.89. The normalized spacial score (nSPS) is 15.9. The molecule has 2 N–H and O–H groups in total. The molecule has 0 aliphatic carbocycles. The summed E-state index contributed by atoms with van der Waals surface area (Å²) in [5.74, 6) is -0.886. The van der Waals surface area contributed by atoms with E-state index in [1.54, 1.807) is 6.92 Å². The molecule has 2 amide bonds. The number of aromatic nitrogens is 1. The number of nitrogens with one attached hydrogen (secondary N) is 2. The van der Waals surface area contributed by atoms with Gasteiger partial charge in [0.1, 0.15) is 0 Å². The quantitative estimate of drug-likeness (QED) is 0.365. The van der Waals surface area contributed by atoms with Crippen LogP contribution in [-0.4, -0.2) is 22.0 Å². The Hall–Kier alpha value is -3.42. The summed E-state index contributed by atoms with van der Waals surface area (Å²) < 4.78 is 0. The van der Waals surface area contributed by atoms with Crippen molar-refractivity contribution in [3.8, 4) is 22.4 Å². The van der Waals surface area contributed by atoms with Gasteiger partial charge in [-0.25, -0.2) is 4.98 Å². The van der Waals surface area contributed by atoms with Crippen LogP contribution in [0.3, 0.4) is 0 Å². The number of amides is 2. The fourth-order valence-corrected chi connectivity index (χ4v) is 5.57. The number of nitrogens with zero attached hydrogens (tertiary/aromatic N) is 1. The molecule has 0 saturated heterocycles. The topological polar surface area (TPSA) is 71.1 Å². The lowest BCUT2D eigenvalue weighted by atomic mass is 10.0. The number of hydrogen-bond acceptors (Lipinski definition) is 5. The van der Waals surface area contributed by atoms with Gasteiger partial charge < -0.3 is 10.6 Å². The van der Waals surface area contributed by atoms with E-state index < -0.39 is 11.2 Å². The molecule has 0 spiro atoms. The molecule has 2 heterocycles. The first kappa shape index (κ1) is 21.4. The van der Waals surface area contributed by atoms with Crippen molar-refractivity contribution in [1.29, 1.82) is 0 Å². The van der Waals surface area contributed by atoms with Crippen molar-refractivity contribution in [1.82, 2.24) is 4.98 Å². The molecule has 1 aromatic heterocycles. The van der Waals surface area contributed by atoms with Gasteiger partial charge in [0.25, 0.3) is 0 Å². The molecular formula is C26H21N3O2S2. The van der Waals surface area contributed by atoms with E-state index >= 15 is 0 Å². The van der Waals surface area contributed by atoms with Crippen molar-refractivity contribution < 1.29 is 9.59 Å². The van der Waals surface area contributed by atoms with Gasteiger partial charge in [-0.1, -0.05) is 73.7 Å². The first-order chi connectivity index (χ1) is 16.1. The number of carbonyl (C=O) groups excluding carboxylic acids is 2. The van der Waals surface area contributed by atoms with E-state index in [2.05, 4.69) is 39.9 Å². The lowest BCUT2D eigenvalue weighted by Gasteiger charge is -2.27. The summed E-state index contributed by atoms with van der Waals surface area (Å²) in [6, 6.07) is 26.0. The van der Waals surface area contributed by atoms with Crippen molar-refractivity contribution in [2.24, 2.45) is 5.92 Å². The molecule has 5 rings (SSSR count). The molecule has 2 atom stereocenters. The highest BCUT2D eigenvalue weighted by molar-refractivity contribution is 8.01. The Morgan fingerprint density at radius 2 is 1.61 bits per heavy atom. The Labute approximate surface area is 200 Å². The number of rotatable bonds is 5. The maximum atomic E-state index is 12.9. The van der Waals surface area contributed by atoms with Crippen molar-refractivity contribution in [2.45, 2.75) is 17.1 Å². The van der Waals surface area contributed by atoms with Crippen LogP contribution in [0.25, 0.3) is 22.4 Å². The van der Waals surface area contributed by atoms with Gasteiger partial charge in [0.05, 0.1) is 22.5 Å². The molecule has 164 valence electrons. The van der Waals surface area contributed by atoms with Crippen molar-refractivity contribution in [2.75, 3.05) is 10.6 Å². The van der Waals surface area contributed by atoms with E-state index in [0.29, 0.717) is 5.13 Å². The second-order valence-electron chi connectivity index (χ2n) is 7.78. The van der Waals surface area contributed by atoms with Crippen LogP contribution < -0.4 is 10.6 Å². The van der Waals surface area contributed by atoms with Gasteiger partial charge >= 0.3 is 0 Å². The number of carbonyl (C=O) groups is 2. The molecule has 0 saturated carbocycles. The minimum absolute atomic E-state index is 0.153. The summed E-state index contributed by atoms with van der Waals surface area (Å²) in [7, 11) is 0. The third-order valence-electron chi connectivity index (χ3n) is 5.55. The molecule has 33 heavy (non-hydrogen) atoms. The number of anilines is 2. The Balaban J connectivity index is 1.26. The third-order valence-corrected chi connectivity index (χ3v) is 7.79. The Kier molecular flexibility index (Phi) is 5.98. The molecule has 4 aromatic rings. The molecular weight excluding hydrogens is 450 g/mol. The number of benzene rings is 3. The Morgan fingerprint density at radius 1 is 0.939 bits per heavy atom. The average Bonchev–Trinajstić information content (AvgIpc) is 3.32. The van der Waals surface area contributed by atoms with E-state index in [4.69, 9.17) is 0 Å². The van der Waals surface area contributed by atoms with Crippen LogP contribution >= 0.6 is 23.1 Å². The molecule has 0 fully saturated rings. The van der Waals surface area contributed by atoms with Gasteiger partial charge in [-0.05, 0) is 23.3 Å². The molecule has 3 aromatic carbocycles. The summed E-state index contributed by atoms with van der Waals surface area (Å²) in [4.78, 5) is 31.0. The van der Waals surface area contributed by atoms with Gasteiger partial charge in [-0.3, -0.25) is 9.59 Å². The molecule has 2 unspecified atom stereocenters. The van der Waals surface area contributed by atoms with E-state index in [1.807, 2.05) is 60.0 Å². The first-order valence-electron chi connectivity index (χ1n) is 10.6. The largest absolute Gasteiger partial charge is 0.324 e. The lowest BCUT2D eigenvalue weighted by Crippen LogP contribution is -2.39. The second kappa shape index (κ2) is 9.21. The lowest BCUT2D eigenvalue weighted by molar-refractivity contribution is -0.123. The van der Waals surface area contributed by atoms with Crippen LogP contribution in [-0.2, 0) is 9.59 Å². The summed E-state index contributed by atoms with van der Waals surface area (Å²) in [6.45, 7) is 1.78. The summed E-state index contributed by atoms with van der Waals surface area (Å²) in [6.07, 6.45) is 0. The first-order valence-corrected chi connectivity index (χ1v) is 12.3. The SMILES string of the molecule is CC(C(=O)Nc1nc(-c2ccc(-c3ccccc3)cc2)cs1)C1Sc2ccccc2NC1=O. The minimum Gasteiger partial charge on any atom is -0.324 e. The van der Waals surface area contributed by atoms with Crippen LogP contribution in [0.5, 0.6) is 0 Å². The van der Waals surface area contributed by atoms with Gasteiger partial charge in [-0.15, -0.1) is 23.1 Å². The van der Waals surface area contributed by atoms with Gasteiger partial charge in [0.15, 0.2) is 5.13 Å². The number of hydrogen-bond donors (Lipinski definition) is 2. The predicted molar refractivity (Wildman–Crippen MR) is 135 cm³/mol. The molecule has 0 radical (unpaired) electrons. The number of fused-ring (bicyclic) bond motifs is 1. The van der Waals surface area contributed by atoms with Crippen LogP contribution in [0.1, 0.15) is 6.92 Å². The minimum atomic E-state index is -0.513. The zero-order valence-corrected chi connectivity index (χ0v) is 19.5. The summed E-state index contributed by atoms with van der Waals surface area (Å²) in [5, 5.41) is 7.74. The highest BCUT2D eigenvalue weighted by Crippen LogP contribution is 2.38. The third kappa shape index (κ3) is 4.55. The fourth-order valence-electron chi connectivity index (χ4n) is 3.68. The van der Waals surface area contributed by atoms with Crippen LogP contribution in [0.2, 0.25) is 0 Å². The van der Waals surface area contributed by atoms with Gasteiger partial charge in [-0.2, -0.15) is 0 Å². The average molecular weight is 472 g/mol. The van der Waals surface area contributed by atoms with Crippen LogP contribution in [0.15, 0.2) is 89.1 Å². The smallest absolute Gasteiger partial charge is 0.238 e. The van der Waals surface area contributed by atoms with E-state index in [0.717, 1.165) is 33.0 Å². The molecule has 5 nitrogen and oxygen atoms in total. The zero-order chi connectivity index (χ0) is 22.8. The maximum Gasteiger partial charge on any atom is 0.238 e. The van der Waals surface area contributed by atoms with E-state index in [1.165, 1.54) is 23.1 Å². The van der Waals surface area contributed by atoms with E-state index in [9.17, 15) is 9.59 Å². The predicted octanol–water partition coefficient (Wildman–Crippen LogP) is 6.16. The monoisotopic (exact) mass is 471 g/mol. The highest BCUT2D eigenvalue weighted by atomic mass is 32.2. The molecule has 1 aliphatic rings. The Morgan fingerprint density at radius 3 is 2.39 bits per heavy atom. The standard InChI is InChI=1S/C26H21N3O2S2/c1-16(23-25(31)27-20-9-5-6-10-22(20)33-23)24(30)29-26-28-21(15-32-26)19-13-11-18(12-14-19)17-7-3-2-4-8-17/h2-16,23H,1H3,(H,27,31)(H,28,29,30). The van der Waals surface area contributed by atoms with Gasteiger partial charge in [0, 0.05) is 15.8 Å². The van der Waals surface area contributed by atoms with Gasteiger partial charge in [0.2, 0.25) is 11.8 Å². The fraction of sp³-hybridized carbons (Fsp3) is 0.115. The van der Waals surface area contributed by atoms with Crippen molar-refractivity contribution >= 4 is 45.7 Å². The van der Waals surface area contributed by atoms with Crippen LogP contribution in [0, 0.1) is 5.92 Å². The van der Waals surface area contributed by atoms with Crippen LogP contribution in [0.4, 0.5) is 10.8 Å². The maximum absolute atomic E-state index is 12.9. The highest BCUT2D eigenvalue weighted by Gasteiger charge is 2.35. The number of thiazole rings is 1. The van der Waals surface area contributed by atoms with Crippen molar-refractivity contribution in [3.05, 3.63) is 84.2 Å². The molecule has 7 heteroatoms. The summed E-state index contributed by atoms with van der Waals surface area (Å²) >= 11 is 2.80. The van der Waals surface area contributed by atoms with E-state index in [-0.39, 0.29) is 11.8 Å². The molecule has 1 aliphatic heterocycles. The Bertz CT molecular complexity index is 1300. The number of para-hydroxylation sites is 1. The number of thioether (sulfide) groups is 1. The second-order valence-corrected chi connectivity index (χ2v) is 9.82. The molecule has 0 bridgehead atoms. The van der Waals surface area contributed by atoms with Crippen molar-refractivity contribution in [3.63, 3.8) is 0 Å². The zero-order valence-electron chi connectivity index (χ0n) is 17.8.